The summed E-state index contributed by atoms with van der Waals surface area (Å²) in [5.74, 6) is -4.20. The Hall–Kier alpha value is -3.51. The Bertz CT molecular complexity index is 928. The number of primary amides is 1. The maximum absolute atomic E-state index is 13.3. The first-order chi connectivity index (χ1) is 18.0. The van der Waals surface area contributed by atoms with Gasteiger partial charge in [-0.2, -0.15) is 0 Å². The van der Waals surface area contributed by atoms with Crippen molar-refractivity contribution in [3.63, 3.8) is 0 Å². The molecular weight excluding hydrogens is 492 g/mol. The number of nitrogens with two attached hydrogens (primary N) is 3. The molecule has 0 aliphatic carbocycles. The van der Waals surface area contributed by atoms with E-state index in [0.717, 1.165) is 5.56 Å². The third-order valence-electron chi connectivity index (χ3n) is 6.31. The quantitative estimate of drug-likeness (QED) is 0.122. The first kappa shape index (κ1) is 32.5. The molecule has 12 heteroatoms. The van der Waals surface area contributed by atoms with Crippen LogP contribution < -0.4 is 33.2 Å². The second-order valence-electron chi connectivity index (χ2n) is 9.42. The summed E-state index contributed by atoms with van der Waals surface area (Å²) in [5.41, 5.74) is 17.4. The molecule has 0 aromatic heterocycles. The lowest BCUT2D eigenvalue weighted by Crippen LogP contribution is -2.58. The van der Waals surface area contributed by atoms with E-state index in [-0.39, 0.29) is 25.2 Å². The van der Waals surface area contributed by atoms with Gasteiger partial charge in [0.05, 0.1) is 6.04 Å². The van der Waals surface area contributed by atoms with E-state index in [1.165, 1.54) is 0 Å². The number of carboxylic acids is 1. The van der Waals surface area contributed by atoms with E-state index in [2.05, 4.69) is 16.0 Å². The predicted molar refractivity (Wildman–Crippen MR) is 142 cm³/mol. The van der Waals surface area contributed by atoms with Crippen molar-refractivity contribution in [2.45, 2.75) is 83.0 Å². The number of aliphatic carboxylic acids is 1. The number of rotatable bonds is 18. The van der Waals surface area contributed by atoms with Crippen molar-refractivity contribution < 1.29 is 29.1 Å². The molecule has 0 saturated carbocycles. The zero-order valence-electron chi connectivity index (χ0n) is 22.2. The Morgan fingerprint density at radius 3 is 2.05 bits per heavy atom. The van der Waals surface area contributed by atoms with E-state index >= 15 is 0 Å². The summed E-state index contributed by atoms with van der Waals surface area (Å²) in [6, 6.07) is 4.49. The highest BCUT2D eigenvalue weighted by molar-refractivity contribution is 5.94. The Balaban J connectivity index is 3.12. The summed E-state index contributed by atoms with van der Waals surface area (Å²) in [5, 5.41) is 17.3. The lowest BCUT2D eigenvalue weighted by molar-refractivity contribution is -0.143. The van der Waals surface area contributed by atoms with Crippen molar-refractivity contribution in [3.8, 4) is 0 Å². The molecule has 5 unspecified atom stereocenters. The van der Waals surface area contributed by atoms with E-state index in [1.54, 1.807) is 37.3 Å². The number of carbonyl (C=O) groups excluding carboxylic acids is 4. The van der Waals surface area contributed by atoms with Gasteiger partial charge in [-0.25, -0.2) is 4.79 Å². The Kier molecular flexibility index (Phi) is 14.6. The molecule has 0 saturated heterocycles. The summed E-state index contributed by atoms with van der Waals surface area (Å²) in [6.07, 6.45) is 1.97. The van der Waals surface area contributed by atoms with Gasteiger partial charge in [-0.1, -0.05) is 57.0 Å². The molecule has 0 aliphatic rings. The summed E-state index contributed by atoms with van der Waals surface area (Å²) < 4.78 is 0. The SMILES string of the molecule is CCC(C)C(NC(=O)C(Cc1ccccc1)NC(=O)C(CCC(N)=O)NC(=O)C(N)CCCCN)C(=O)O. The molecule has 1 aromatic carbocycles. The van der Waals surface area contributed by atoms with Crippen LogP contribution in [0.5, 0.6) is 0 Å². The summed E-state index contributed by atoms with van der Waals surface area (Å²) >= 11 is 0. The van der Waals surface area contributed by atoms with E-state index in [9.17, 15) is 29.1 Å². The van der Waals surface area contributed by atoms with Gasteiger partial charge in [-0.15, -0.1) is 0 Å². The van der Waals surface area contributed by atoms with Gasteiger partial charge in [0.2, 0.25) is 23.6 Å². The number of carbonyl (C=O) groups is 5. The van der Waals surface area contributed by atoms with Gasteiger partial charge in [-0.05, 0) is 37.3 Å². The smallest absolute Gasteiger partial charge is 0.326 e. The van der Waals surface area contributed by atoms with Crippen LogP contribution in [0.3, 0.4) is 0 Å². The summed E-state index contributed by atoms with van der Waals surface area (Å²) in [7, 11) is 0. The average Bonchev–Trinajstić information content (AvgIpc) is 2.88. The number of unbranched alkanes of at least 4 members (excludes halogenated alkanes) is 1. The molecule has 10 N–H and O–H groups in total. The van der Waals surface area contributed by atoms with Crippen LogP contribution in [0.1, 0.15) is 57.9 Å². The first-order valence-corrected chi connectivity index (χ1v) is 12.9. The summed E-state index contributed by atoms with van der Waals surface area (Å²) in [6.45, 7) is 3.97. The standard InChI is InChI=1S/C26H42N6O6/c1-3-16(2)22(26(37)38)32-25(36)20(15-17-9-5-4-6-10-17)31-24(35)19(12-13-21(29)33)30-23(34)18(28)11-7-8-14-27/h4-6,9-10,16,18-20,22H,3,7-8,11-15,27-28H2,1-2H3,(H2,29,33)(H,30,34)(H,31,35)(H,32,36)(H,37,38). The third-order valence-corrected chi connectivity index (χ3v) is 6.31. The molecule has 0 radical (unpaired) electrons. The van der Waals surface area contributed by atoms with Crippen molar-refractivity contribution in [1.82, 2.24) is 16.0 Å². The molecule has 0 heterocycles. The van der Waals surface area contributed by atoms with Crippen LogP contribution in [0.2, 0.25) is 0 Å². The summed E-state index contributed by atoms with van der Waals surface area (Å²) in [4.78, 5) is 62.2. The number of hydrogen-bond donors (Lipinski definition) is 7. The fourth-order valence-electron chi connectivity index (χ4n) is 3.74. The minimum Gasteiger partial charge on any atom is -0.480 e. The van der Waals surface area contributed by atoms with Crippen LogP contribution in [0.4, 0.5) is 0 Å². The fourth-order valence-corrected chi connectivity index (χ4v) is 3.74. The largest absolute Gasteiger partial charge is 0.480 e. The van der Waals surface area contributed by atoms with Gasteiger partial charge in [0.15, 0.2) is 0 Å². The highest BCUT2D eigenvalue weighted by Gasteiger charge is 2.32. The van der Waals surface area contributed by atoms with E-state index in [1.807, 2.05) is 6.92 Å². The van der Waals surface area contributed by atoms with Gasteiger partial charge in [0.1, 0.15) is 18.1 Å². The molecule has 0 spiro atoms. The number of hydrogen-bond acceptors (Lipinski definition) is 7. The second kappa shape index (κ2) is 17.1. The molecule has 0 aliphatic heterocycles. The van der Waals surface area contributed by atoms with Gasteiger partial charge >= 0.3 is 5.97 Å². The topological polar surface area (TPSA) is 220 Å². The molecule has 1 rings (SSSR count). The van der Waals surface area contributed by atoms with Gasteiger partial charge < -0.3 is 38.3 Å². The zero-order valence-corrected chi connectivity index (χ0v) is 22.2. The number of nitrogens with one attached hydrogen (secondary N) is 3. The molecule has 5 atom stereocenters. The minimum absolute atomic E-state index is 0.0698. The van der Waals surface area contributed by atoms with Crippen molar-refractivity contribution in [2.75, 3.05) is 6.54 Å². The van der Waals surface area contributed by atoms with E-state index in [0.29, 0.717) is 32.2 Å². The van der Waals surface area contributed by atoms with Gasteiger partial charge in [0, 0.05) is 12.8 Å². The maximum atomic E-state index is 13.3. The maximum Gasteiger partial charge on any atom is 0.326 e. The van der Waals surface area contributed by atoms with Gasteiger partial charge in [-0.3, -0.25) is 19.2 Å². The highest BCUT2D eigenvalue weighted by Crippen LogP contribution is 2.11. The molecular formula is C26H42N6O6. The van der Waals surface area contributed by atoms with E-state index < -0.39 is 53.8 Å². The Morgan fingerprint density at radius 2 is 1.50 bits per heavy atom. The highest BCUT2D eigenvalue weighted by atomic mass is 16.4. The van der Waals surface area contributed by atoms with Crippen LogP contribution in [0.15, 0.2) is 30.3 Å². The first-order valence-electron chi connectivity index (χ1n) is 12.9. The normalized spacial score (nSPS) is 14.8. The van der Waals surface area contributed by atoms with Crippen molar-refractivity contribution in [2.24, 2.45) is 23.1 Å². The second-order valence-corrected chi connectivity index (χ2v) is 9.42. The molecule has 12 nitrogen and oxygen atoms in total. The van der Waals surface area contributed by atoms with Crippen LogP contribution >= 0.6 is 0 Å². The molecule has 1 aromatic rings. The third kappa shape index (κ3) is 11.7. The van der Waals surface area contributed by atoms with Crippen molar-refractivity contribution in [1.29, 1.82) is 0 Å². The van der Waals surface area contributed by atoms with Crippen LogP contribution in [0, 0.1) is 5.92 Å². The van der Waals surface area contributed by atoms with Crippen LogP contribution in [-0.4, -0.2) is 65.4 Å². The molecule has 38 heavy (non-hydrogen) atoms. The van der Waals surface area contributed by atoms with Crippen LogP contribution in [0.25, 0.3) is 0 Å². The number of carboxylic acid groups (broad SMARTS) is 1. The molecule has 0 bridgehead atoms. The van der Waals surface area contributed by atoms with Crippen molar-refractivity contribution in [3.05, 3.63) is 35.9 Å². The monoisotopic (exact) mass is 534 g/mol. The average molecular weight is 535 g/mol. The number of benzene rings is 1. The fraction of sp³-hybridized carbons (Fsp3) is 0.577. The Morgan fingerprint density at radius 1 is 0.895 bits per heavy atom. The minimum atomic E-state index is -1.19. The zero-order chi connectivity index (χ0) is 28.7. The molecule has 212 valence electrons. The van der Waals surface area contributed by atoms with Crippen LogP contribution in [-0.2, 0) is 30.4 Å². The number of amides is 4. The van der Waals surface area contributed by atoms with Crippen molar-refractivity contribution >= 4 is 29.6 Å². The molecule has 4 amide bonds. The molecule has 0 fully saturated rings. The van der Waals surface area contributed by atoms with Gasteiger partial charge in [0.25, 0.3) is 0 Å². The lowest BCUT2D eigenvalue weighted by atomic mass is 9.98. The Labute approximate surface area is 223 Å². The predicted octanol–water partition coefficient (Wildman–Crippen LogP) is -0.464. The van der Waals surface area contributed by atoms with E-state index in [4.69, 9.17) is 17.2 Å². The lowest BCUT2D eigenvalue weighted by Gasteiger charge is -2.26.